The van der Waals surface area contributed by atoms with Crippen molar-refractivity contribution in [3.63, 3.8) is 0 Å². The highest BCUT2D eigenvalue weighted by atomic mass is 16.2. The number of carbonyl (C=O) groups excluding carboxylic acids is 4. The first kappa shape index (κ1) is 22.8. The molecule has 2 saturated carbocycles. The maximum absolute atomic E-state index is 13.4. The van der Waals surface area contributed by atoms with Crippen LogP contribution in [0.5, 0.6) is 0 Å². The lowest BCUT2D eigenvalue weighted by Crippen LogP contribution is -2.67. The molecule has 2 aliphatic carbocycles. The third kappa shape index (κ3) is 4.29. The Labute approximate surface area is 189 Å². The van der Waals surface area contributed by atoms with Crippen LogP contribution < -0.4 is 16.1 Å². The van der Waals surface area contributed by atoms with Gasteiger partial charge in [0.05, 0.1) is 5.92 Å². The summed E-state index contributed by atoms with van der Waals surface area (Å²) in [6.45, 7) is 7.62. The predicted octanol–water partition coefficient (Wildman–Crippen LogP) is 0.741. The standard InChI is InChI=1S/C22H36N6O4/c1-5-13(4)24-19(30)14-6-9-16-17(10-14)28-21(27(20(16)31)15-7-8-15)25-26(22(28)32)11-18(29)23-12(2)3/h12-17,21,25H,5-11H2,1-4H3,(H,23,29)(H,24,30). The molecule has 3 N–H and O–H groups in total. The number of nitrogens with one attached hydrogen (secondary N) is 3. The molecule has 2 aliphatic heterocycles. The lowest BCUT2D eigenvalue weighted by molar-refractivity contribution is -0.159. The average molecular weight is 449 g/mol. The highest BCUT2D eigenvalue weighted by Gasteiger charge is 2.58. The van der Waals surface area contributed by atoms with E-state index in [1.54, 1.807) is 9.80 Å². The summed E-state index contributed by atoms with van der Waals surface area (Å²) in [5, 5.41) is 7.17. The molecule has 5 amide bonds. The Morgan fingerprint density at radius 1 is 1.06 bits per heavy atom. The van der Waals surface area contributed by atoms with E-state index in [0.717, 1.165) is 19.3 Å². The first-order valence-electron chi connectivity index (χ1n) is 12.0. The number of nitrogens with zero attached hydrogens (tertiary/aromatic N) is 3. The molecule has 4 rings (SSSR count). The zero-order valence-corrected chi connectivity index (χ0v) is 19.5. The van der Waals surface area contributed by atoms with E-state index >= 15 is 0 Å². The first-order chi connectivity index (χ1) is 15.2. The van der Waals surface area contributed by atoms with Gasteiger partial charge in [-0.15, -0.1) is 0 Å². The minimum absolute atomic E-state index is 0.000746. The van der Waals surface area contributed by atoms with E-state index in [1.165, 1.54) is 5.01 Å². The monoisotopic (exact) mass is 448 g/mol. The van der Waals surface area contributed by atoms with E-state index in [9.17, 15) is 19.2 Å². The number of hydrogen-bond acceptors (Lipinski definition) is 5. The van der Waals surface area contributed by atoms with E-state index in [-0.39, 0.29) is 66.3 Å². The zero-order valence-electron chi connectivity index (χ0n) is 19.5. The lowest BCUT2D eigenvalue weighted by Gasteiger charge is -2.50. The van der Waals surface area contributed by atoms with Crippen LogP contribution in [0.1, 0.15) is 66.2 Å². The van der Waals surface area contributed by atoms with Gasteiger partial charge < -0.3 is 15.5 Å². The average Bonchev–Trinajstić information content (AvgIpc) is 3.51. The largest absolute Gasteiger partial charge is 0.353 e. The van der Waals surface area contributed by atoms with Gasteiger partial charge in [-0.1, -0.05) is 6.92 Å². The van der Waals surface area contributed by atoms with Crippen LogP contribution in [0, 0.1) is 11.8 Å². The minimum atomic E-state index is -0.591. The first-order valence-corrected chi connectivity index (χ1v) is 12.0. The molecule has 32 heavy (non-hydrogen) atoms. The van der Waals surface area contributed by atoms with E-state index in [2.05, 4.69) is 16.1 Å². The molecule has 0 spiro atoms. The third-order valence-electron chi connectivity index (χ3n) is 7.06. The van der Waals surface area contributed by atoms with Gasteiger partial charge in [0, 0.05) is 30.1 Å². The lowest BCUT2D eigenvalue weighted by atomic mass is 9.75. The van der Waals surface area contributed by atoms with E-state index in [4.69, 9.17) is 0 Å². The number of fused-ring (bicyclic) bond motifs is 3. The summed E-state index contributed by atoms with van der Waals surface area (Å²) in [7, 11) is 0. The van der Waals surface area contributed by atoms with Crippen molar-refractivity contribution in [3.05, 3.63) is 0 Å². The summed E-state index contributed by atoms with van der Waals surface area (Å²) in [6.07, 6.45) is 3.82. The van der Waals surface area contributed by atoms with Gasteiger partial charge in [-0.2, -0.15) is 5.43 Å². The van der Waals surface area contributed by atoms with Crippen molar-refractivity contribution in [1.82, 2.24) is 30.9 Å². The van der Waals surface area contributed by atoms with E-state index in [1.807, 2.05) is 27.7 Å². The van der Waals surface area contributed by atoms with Crippen molar-refractivity contribution in [2.75, 3.05) is 6.54 Å². The quantitative estimate of drug-likeness (QED) is 0.532. The van der Waals surface area contributed by atoms with Gasteiger partial charge in [0.1, 0.15) is 6.54 Å². The number of carbonyl (C=O) groups is 4. The van der Waals surface area contributed by atoms with Crippen molar-refractivity contribution in [1.29, 1.82) is 0 Å². The van der Waals surface area contributed by atoms with Crippen molar-refractivity contribution >= 4 is 23.8 Å². The zero-order chi connectivity index (χ0) is 23.2. The molecule has 10 nitrogen and oxygen atoms in total. The number of rotatable bonds is 7. The summed E-state index contributed by atoms with van der Waals surface area (Å²) >= 11 is 0. The van der Waals surface area contributed by atoms with Crippen LogP contribution in [0.2, 0.25) is 0 Å². The van der Waals surface area contributed by atoms with Gasteiger partial charge in [0.25, 0.3) is 0 Å². The fourth-order valence-electron chi connectivity index (χ4n) is 5.13. The Hall–Kier alpha value is -2.36. The molecular weight excluding hydrogens is 412 g/mol. The smallest absolute Gasteiger partial charge is 0.337 e. The molecule has 0 radical (unpaired) electrons. The normalized spacial score (nSPS) is 30.8. The fraction of sp³-hybridized carbons (Fsp3) is 0.818. The highest BCUT2D eigenvalue weighted by molar-refractivity contribution is 5.89. The Kier molecular flexibility index (Phi) is 6.33. The van der Waals surface area contributed by atoms with Gasteiger partial charge in [0.15, 0.2) is 6.29 Å². The van der Waals surface area contributed by atoms with Gasteiger partial charge in [-0.3, -0.25) is 19.3 Å². The van der Waals surface area contributed by atoms with Crippen LogP contribution in [0.4, 0.5) is 4.79 Å². The molecule has 178 valence electrons. The predicted molar refractivity (Wildman–Crippen MR) is 117 cm³/mol. The van der Waals surface area contributed by atoms with Gasteiger partial charge in [0.2, 0.25) is 17.7 Å². The Bertz CT molecular complexity index is 784. The van der Waals surface area contributed by atoms with Crippen LogP contribution in [0.25, 0.3) is 0 Å². The van der Waals surface area contributed by atoms with Crippen molar-refractivity contribution in [2.24, 2.45) is 11.8 Å². The minimum Gasteiger partial charge on any atom is -0.353 e. The SMILES string of the molecule is CCC(C)NC(=O)C1CCC2C(=O)N(C3CC3)C3NN(CC(=O)NC(C)C)C(=O)N3C2C1. The van der Waals surface area contributed by atoms with E-state index in [0.29, 0.717) is 19.3 Å². The molecule has 4 fully saturated rings. The molecule has 5 unspecified atom stereocenters. The number of hydrogen-bond donors (Lipinski definition) is 3. The Balaban J connectivity index is 1.54. The van der Waals surface area contributed by atoms with Gasteiger partial charge in [-0.05, 0) is 59.3 Å². The maximum Gasteiger partial charge on any atom is 0.337 e. The van der Waals surface area contributed by atoms with Crippen LogP contribution >= 0.6 is 0 Å². The van der Waals surface area contributed by atoms with Crippen LogP contribution in [-0.2, 0) is 14.4 Å². The molecule has 5 atom stereocenters. The second-order valence-corrected chi connectivity index (χ2v) is 9.98. The van der Waals surface area contributed by atoms with Crippen molar-refractivity contribution in [3.8, 4) is 0 Å². The third-order valence-corrected chi connectivity index (χ3v) is 7.06. The Morgan fingerprint density at radius 2 is 1.78 bits per heavy atom. The second kappa shape index (κ2) is 8.88. The van der Waals surface area contributed by atoms with E-state index < -0.39 is 6.29 Å². The van der Waals surface area contributed by atoms with Crippen LogP contribution in [0.15, 0.2) is 0 Å². The second-order valence-electron chi connectivity index (χ2n) is 9.98. The van der Waals surface area contributed by atoms with Crippen molar-refractivity contribution in [2.45, 2.75) is 96.7 Å². The van der Waals surface area contributed by atoms with Crippen LogP contribution in [0.3, 0.4) is 0 Å². The highest BCUT2D eigenvalue weighted by Crippen LogP contribution is 2.43. The molecule has 0 aromatic carbocycles. The van der Waals surface area contributed by atoms with Gasteiger partial charge >= 0.3 is 6.03 Å². The molecule has 0 aromatic rings. The van der Waals surface area contributed by atoms with Crippen LogP contribution in [-0.4, -0.2) is 75.6 Å². The number of hydrazine groups is 1. The molecule has 2 saturated heterocycles. The fourth-order valence-corrected chi connectivity index (χ4v) is 5.13. The molecular formula is C22H36N6O4. The Morgan fingerprint density at radius 3 is 2.41 bits per heavy atom. The number of urea groups is 1. The molecule has 2 heterocycles. The molecule has 0 aromatic heterocycles. The van der Waals surface area contributed by atoms with Gasteiger partial charge in [-0.25, -0.2) is 9.80 Å². The summed E-state index contributed by atoms with van der Waals surface area (Å²) in [5.41, 5.74) is 3.12. The molecule has 0 bridgehead atoms. The molecule has 4 aliphatic rings. The summed E-state index contributed by atoms with van der Waals surface area (Å²) < 4.78 is 0. The maximum atomic E-state index is 13.4. The topological polar surface area (TPSA) is 114 Å². The number of amides is 5. The van der Waals surface area contributed by atoms with Crippen molar-refractivity contribution < 1.29 is 19.2 Å². The molecule has 10 heteroatoms. The summed E-state index contributed by atoms with van der Waals surface area (Å²) in [4.78, 5) is 55.4. The summed E-state index contributed by atoms with van der Waals surface area (Å²) in [5.74, 6) is -0.713. The summed E-state index contributed by atoms with van der Waals surface area (Å²) in [6, 6.07) is -0.449.